The lowest BCUT2D eigenvalue weighted by Crippen LogP contribution is -1.82. The Labute approximate surface area is 135 Å². The van der Waals surface area contributed by atoms with Crippen LogP contribution in [-0.2, 0) is 0 Å². The number of pyridine rings is 1. The van der Waals surface area contributed by atoms with Crippen LogP contribution in [0.1, 0.15) is 0 Å². The van der Waals surface area contributed by atoms with Crippen molar-refractivity contribution in [3.63, 3.8) is 0 Å². The van der Waals surface area contributed by atoms with Gasteiger partial charge in [-0.25, -0.2) is 9.97 Å². The molecule has 0 bridgehead atoms. The molecule has 0 unspecified atom stereocenters. The number of aromatic amines is 1. The number of imidazole rings is 2. The van der Waals surface area contributed by atoms with Crippen molar-refractivity contribution in [3.05, 3.63) is 64.9 Å². The molecule has 0 aliphatic rings. The summed E-state index contributed by atoms with van der Waals surface area (Å²) in [5.41, 5.74) is 5.09. The van der Waals surface area contributed by atoms with E-state index in [2.05, 4.69) is 84.7 Å². The van der Waals surface area contributed by atoms with Crippen molar-refractivity contribution in [1.29, 1.82) is 0 Å². The summed E-state index contributed by atoms with van der Waals surface area (Å²) in [7, 11) is 0. The third-order valence-corrected chi connectivity index (χ3v) is 4.03. The molecular formula is C16H11IN4. The Kier molecular flexibility index (Phi) is 2.99. The van der Waals surface area contributed by atoms with Crippen LogP contribution in [0.2, 0.25) is 0 Å². The van der Waals surface area contributed by atoms with Crippen LogP contribution in [0.3, 0.4) is 0 Å². The van der Waals surface area contributed by atoms with E-state index < -0.39 is 0 Å². The van der Waals surface area contributed by atoms with Gasteiger partial charge >= 0.3 is 0 Å². The SMILES string of the molecule is Ic1ccc2nc(-c3ccc(-c4c[nH]cn4)cc3)cn2c1. The van der Waals surface area contributed by atoms with Gasteiger partial charge in [-0.05, 0) is 34.7 Å². The first kappa shape index (κ1) is 12.6. The number of H-pyrrole nitrogens is 1. The fourth-order valence-electron chi connectivity index (χ4n) is 2.33. The topological polar surface area (TPSA) is 46.0 Å². The first-order valence-corrected chi connectivity index (χ1v) is 7.61. The number of aromatic nitrogens is 4. The predicted molar refractivity (Wildman–Crippen MR) is 90.9 cm³/mol. The molecule has 4 nitrogen and oxygen atoms in total. The van der Waals surface area contributed by atoms with E-state index in [1.165, 1.54) is 3.57 Å². The van der Waals surface area contributed by atoms with Gasteiger partial charge in [0, 0.05) is 33.3 Å². The molecule has 0 saturated heterocycles. The van der Waals surface area contributed by atoms with E-state index in [1.54, 1.807) is 6.33 Å². The molecule has 1 N–H and O–H groups in total. The van der Waals surface area contributed by atoms with Crippen LogP contribution in [0.15, 0.2) is 61.3 Å². The van der Waals surface area contributed by atoms with Gasteiger partial charge in [-0.3, -0.25) is 0 Å². The molecule has 0 fully saturated rings. The average Bonchev–Trinajstić information content (AvgIpc) is 3.16. The molecule has 4 aromatic rings. The lowest BCUT2D eigenvalue weighted by Gasteiger charge is -1.99. The van der Waals surface area contributed by atoms with E-state index in [-0.39, 0.29) is 0 Å². The lowest BCUT2D eigenvalue weighted by molar-refractivity contribution is 1.17. The minimum atomic E-state index is 0.950. The molecule has 0 atom stereocenters. The zero-order valence-corrected chi connectivity index (χ0v) is 13.2. The van der Waals surface area contributed by atoms with Crippen LogP contribution in [0.25, 0.3) is 28.2 Å². The Bertz CT molecular complexity index is 892. The van der Waals surface area contributed by atoms with Gasteiger partial charge in [0.1, 0.15) is 5.65 Å². The fraction of sp³-hybridized carbons (Fsp3) is 0. The molecule has 3 aromatic heterocycles. The second kappa shape index (κ2) is 5.00. The summed E-state index contributed by atoms with van der Waals surface area (Å²) in [6, 6.07) is 12.4. The fourth-order valence-corrected chi connectivity index (χ4v) is 2.81. The second-order valence-corrected chi connectivity index (χ2v) is 6.02. The largest absolute Gasteiger partial charge is 0.351 e. The maximum absolute atomic E-state index is 4.65. The minimum Gasteiger partial charge on any atom is -0.351 e. The van der Waals surface area contributed by atoms with Gasteiger partial charge in [0.15, 0.2) is 0 Å². The zero-order valence-electron chi connectivity index (χ0n) is 11.0. The van der Waals surface area contributed by atoms with Crippen molar-refractivity contribution >= 4 is 28.2 Å². The molecule has 0 amide bonds. The highest BCUT2D eigenvalue weighted by Crippen LogP contribution is 2.23. The molecule has 0 spiro atoms. The Morgan fingerprint density at radius 1 is 0.905 bits per heavy atom. The van der Waals surface area contributed by atoms with Crippen molar-refractivity contribution in [3.8, 4) is 22.5 Å². The third kappa shape index (κ3) is 2.33. The highest BCUT2D eigenvalue weighted by Gasteiger charge is 2.06. The molecular weight excluding hydrogens is 375 g/mol. The summed E-state index contributed by atoms with van der Waals surface area (Å²) in [5, 5.41) is 0. The highest BCUT2D eigenvalue weighted by molar-refractivity contribution is 14.1. The van der Waals surface area contributed by atoms with Crippen molar-refractivity contribution in [1.82, 2.24) is 19.4 Å². The van der Waals surface area contributed by atoms with Gasteiger partial charge < -0.3 is 9.38 Å². The second-order valence-electron chi connectivity index (χ2n) is 4.77. The van der Waals surface area contributed by atoms with E-state index in [4.69, 9.17) is 0 Å². The van der Waals surface area contributed by atoms with E-state index in [1.807, 2.05) is 12.3 Å². The lowest BCUT2D eigenvalue weighted by atomic mass is 10.1. The van der Waals surface area contributed by atoms with Crippen LogP contribution in [0.4, 0.5) is 0 Å². The molecule has 0 radical (unpaired) electrons. The monoisotopic (exact) mass is 386 g/mol. The molecule has 102 valence electrons. The standard InChI is InChI=1S/C16H11IN4/c17-13-5-6-16-20-15(9-21(16)8-13)12-3-1-11(2-4-12)14-7-18-10-19-14/h1-10H,(H,18,19). The predicted octanol–water partition coefficient (Wildman–Crippen LogP) is 4.00. The zero-order chi connectivity index (χ0) is 14.2. The van der Waals surface area contributed by atoms with Crippen LogP contribution >= 0.6 is 22.6 Å². The smallest absolute Gasteiger partial charge is 0.137 e. The number of halogens is 1. The molecule has 4 rings (SSSR count). The Morgan fingerprint density at radius 3 is 2.38 bits per heavy atom. The van der Waals surface area contributed by atoms with E-state index in [9.17, 15) is 0 Å². The van der Waals surface area contributed by atoms with Crippen molar-refractivity contribution in [2.75, 3.05) is 0 Å². The number of nitrogens with one attached hydrogen (secondary N) is 1. The van der Waals surface area contributed by atoms with E-state index >= 15 is 0 Å². The summed E-state index contributed by atoms with van der Waals surface area (Å²) >= 11 is 2.30. The minimum absolute atomic E-state index is 0.950. The summed E-state index contributed by atoms with van der Waals surface area (Å²) in [4.78, 5) is 11.9. The van der Waals surface area contributed by atoms with E-state index in [0.29, 0.717) is 0 Å². The van der Waals surface area contributed by atoms with Gasteiger partial charge in [-0.2, -0.15) is 0 Å². The number of hydrogen-bond donors (Lipinski definition) is 1. The summed E-state index contributed by atoms with van der Waals surface area (Å²) in [6.07, 6.45) is 7.71. The maximum atomic E-state index is 4.65. The third-order valence-electron chi connectivity index (χ3n) is 3.39. The first-order chi connectivity index (χ1) is 10.3. The Balaban J connectivity index is 1.74. The first-order valence-electron chi connectivity index (χ1n) is 6.53. The quantitative estimate of drug-likeness (QED) is 0.530. The highest BCUT2D eigenvalue weighted by atomic mass is 127. The van der Waals surface area contributed by atoms with Gasteiger partial charge in [-0.1, -0.05) is 24.3 Å². The van der Waals surface area contributed by atoms with Gasteiger partial charge in [0.25, 0.3) is 0 Å². The number of rotatable bonds is 2. The summed E-state index contributed by atoms with van der Waals surface area (Å²) < 4.78 is 3.25. The Hall–Kier alpha value is -2.15. The number of nitrogens with zero attached hydrogens (tertiary/aromatic N) is 3. The molecule has 0 saturated carbocycles. The van der Waals surface area contributed by atoms with Crippen LogP contribution in [0, 0.1) is 3.57 Å². The average molecular weight is 386 g/mol. The molecule has 0 aliphatic carbocycles. The van der Waals surface area contributed by atoms with Crippen molar-refractivity contribution in [2.24, 2.45) is 0 Å². The van der Waals surface area contributed by atoms with Gasteiger partial charge in [0.05, 0.1) is 17.7 Å². The van der Waals surface area contributed by atoms with Crippen LogP contribution in [-0.4, -0.2) is 19.4 Å². The van der Waals surface area contributed by atoms with Crippen LogP contribution in [0.5, 0.6) is 0 Å². The maximum Gasteiger partial charge on any atom is 0.137 e. The number of hydrogen-bond acceptors (Lipinski definition) is 2. The van der Waals surface area contributed by atoms with Gasteiger partial charge in [-0.15, -0.1) is 0 Å². The number of benzene rings is 1. The summed E-state index contributed by atoms with van der Waals surface area (Å²) in [5.74, 6) is 0. The molecule has 21 heavy (non-hydrogen) atoms. The summed E-state index contributed by atoms with van der Waals surface area (Å²) in [6.45, 7) is 0. The molecule has 3 heterocycles. The molecule has 0 aliphatic heterocycles. The van der Waals surface area contributed by atoms with E-state index in [0.717, 1.165) is 28.2 Å². The number of fused-ring (bicyclic) bond motifs is 1. The van der Waals surface area contributed by atoms with Crippen molar-refractivity contribution in [2.45, 2.75) is 0 Å². The van der Waals surface area contributed by atoms with Crippen molar-refractivity contribution < 1.29 is 0 Å². The van der Waals surface area contributed by atoms with Crippen LogP contribution < -0.4 is 0 Å². The van der Waals surface area contributed by atoms with Gasteiger partial charge in [0.2, 0.25) is 0 Å². The molecule has 1 aromatic carbocycles. The molecule has 5 heteroatoms. The Morgan fingerprint density at radius 2 is 1.67 bits per heavy atom. The normalized spacial score (nSPS) is 11.1.